The molecule has 0 aliphatic carbocycles. The molecule has 144 valence electrons. The van der Waals surface area contributed by atoms with Gasteiger partial charge in [-0.25, -0.2) is 4.68 Å². The molecule has 0 unspecified atom stereocenters. The molecule has 7 heteroatoms. The van der Waals surface area contributed by atoms with Crippen LogP contribution in [0, 0.1) is 6.92 Å². The lowest BCUT2D eigenvalue weighted by molar-refractivity contribution is -0.0513. The second-order valence-corrected chi connectivity index (χ2v) is 5.85. The van der Waals surface area contributed by atoms with Crippen LogP contribution in [0.4, 0.5) is 8.78 Å². The van der Waals surface area contributed by atoms with Crippen molar-refractivity contribution in [2.24, 2.45) is 0 Å². The van der Waals surface area contributed by atoms with Gasteiger partial charge in [0.25, 0.3) is 0 Å². The maximum atomic E-state index is 12.7. The van der Waals surface area contributed by atoms with E-state index in [4.69, 9.17) is 4.74 Å². The van der Waals surface area contributed by atoms with Crippen molar-refractivity contribution in [3.05, 3.63) is 77.6 Å². The van der Waals surface area contributed by atoms with E-state index in [0.717, 1.165) is 5.69 Å². The summed E-state index contributed by atoms with van der Waals surface area (Å²) in [6.45, 7) is -1.22. The van der Waals surface area contributed by atoms with Gasteiger partial charge in [-0.2, -0.15) is 13.9 Å². The van der Waals surface area contributed by atoms with Gasteiger partial charge < -0.3 is 9.47 Å². The highest BCUT2D eigenvalue weighted by Gasteiger charge is 2.16. The standard InChI is InChI=1S/C21H18F2N2O3/c1-14-17(13-24-25(14)16-8-4-3-5-9-16)18(26)12-11-15-7-6-10-19(27-2)20(15)28-21(22)23/h3-13,21H,1-2H3/b12-11+. The number of aromatic nitrogens is 2. The number of carbonyl (C=O) groups excluding carboxylic acids is 1. The van der Waals surface area contributed by atoms with Gasteiger partial charge in [0.05, 0.1) is 30.3 Å². The van der Waals surface area contributed by atoms with E-state index in [2.05, 4.69) is 9.84 Å². The van der Waals surface area contributed by atoms with Gasteiger partial charge in [0.2, 0.25) is 0 Å². The monoisotopic (exact) mass is 384 g/mol. The minimum Gasteiger partial charge on any atom is -0.493 e. The predicted octanol–water partition coefficient (Wildman–Crippen LogP) is 4.69. The molecule has 0 aliphatic rings. The Balaban J connectivity index is 1.88. The Morgan fingerprint density at radius 3 is 2.57 bits per heavy atom. The van der Waals surface area contributed by atoms with E-state index in [0.29, 0.717) is 16.8 Å². The first-order valence-electron chi connectivity index (χ1n) is 8.45. The summed E-state index contributed by atoms with van der Waals surface area (Å²) in [4.78, 5) is 12.6. The van der Waals surface area contributed by atoms with Crippen LogP contribution in [0.25, 0.3) is 11.8 Å². The van der Waals surface area contributed by atoms with Crippen LogP contribution in [0.1, 0.15) is 21.6 Å². The molecular formula is C21H18F2N2O3. The SMILES string of the molecule is COc1cccc(/C=C/C(=O)c2cnn(-c3ccccc3)c2C)c1OC(F)F. The van der Waals surface area contributed by atoms with E-state index in [1.165, 1.54) is 31.5 Å². The zero-order valence-corrected chi connectivity index (χ0v) is 15.3. The molecule has 5 nitrogen and oxygen atoms in total. The van der Waals surface area contributed by atoms with Crippen molar-refractivity contribution in [3.8, 4) is 17.2 Å². The van der Waals surface area contributed by atoms with Gasteiger partial charge in [-0.3, -0.25) is 4.79 Å². The van der Waals surface area contributed by atoms with E-state index in [9.17, 15) is 13.6 Å². The summed E-state index contributed by atoms with van der Waals surface area (Å²) in [6.07, 6.45) is 4.20. The summed E-state index contributed by atoms with van der Waals surface area (Å²) in [6, 6.07) is 14.1. The number of ketones is 1. The number of allylic oxidation sites excluding steroid dienone is 1. The number of nitrogens with zero attached hydrogens (tertiary/aromatic N) is 2. The fourth-order valence-electron chi connectivity index (χ4n) is 2.78. The molecule has 0 spiro atoms. The largest absolute Gasteiger partial charge is 0.493 e. The lowest BCUT2D eigenvalue weighted by atomic mass is 10.1. The van der Waals surface area contributed by atoms with Crippen molar-refractivity contribution < 1.29 is 23.0 Å². The molecule has 28 heavy (non-hydrogen) atoms. The molecule has 1 aromatic heterocycles. The normalized spacial score (nSPS) is 11.2. The summed E-state index contributed by atoms with van der Waals surface area (Å²) in [5.41, 5.74) is 2.24. The molecule has 2 aromatic carbocycles. The average molecular weight is 384 g/mol. The summed E-state index contributed by atoms with van der Waals surface area (Å²) in [7, 11) is 1.35. The summed E-state index contributed by atoms with van der Waals surface area (Å²) in [5.74, 6) is -0.269. The van der Waals surface area contributed by atoms with Crippen LogP contribution in [0.15, 0.2) is 60.8 Å². The Labute approximate surface area is 160 Å². The zero-order valence-electron chi connectivity index (χ0n) is 15.3. The molecule has 0 radical (unpaired) electrons. The number of methoxy groups -OCH3 is 1. The number of carbonyl (C=O) groups is 1. The topological polar surface area (TPSA) is 53.3 Å². The number of para-hydroxylation sites is 2. The van der Waals surface area contributed by atoms with Gasteiger partial charge in [0.1, 0.15) is 0 Å². The average Bonchev–Trinajstić information content (AvgIpc) is 3.08. The minimum absolute atomic E-state index is 0.124. The van der Waals surface area contributed by atoms with Gasteiger partial charge >= 0.3 is 6.61 Å². The molecule has 1 heterocycles. The number of halogens is 2. The number of hydrogen-bond donors (Lipinski definition) is 0. The number of ether oxygens (including phenoxy) is 2. The van der Waals surface area contributed by atoms with Crippen LogP contribution >= 0.6 is 0 Å². The van der Waals surface area contributed by atoms with Gasteiger partial charge in [0.15, 0.2) is 17.3 Å². The number of alkyl halides is 2. The molecule has 0 saturated heterocycles. The highest BCUT2D eigenvalue weighted by molar-refractivity contribution is 6.07. The van der Waals surface area contributed by atoms with Crippen LogP contribution in [0.3, 0.4) is 0 Å². The maximum Gasteiger partial charge on any atom is 0.387 e. The lowest BCUT2D eigenvalue weighted by Gasteiger charge is -2.12. The molecule has 0 bridgehead atoms. The Morgan fingerprint density at radius 1 is 1.14 bits per heavy atom. The first-order chi connectivity index (χ1) is 13.5. The van der Waals surface area contributed by atoms with E-state index >= 15 is 0 Å². The number of hydrogen-bond acceptors (Lipinski definition) is 4. The quantitative estimate of drug-likeness (QED) is 0.438. The van der Waals surface area contributed by atoms with Crippen LogP contribution in [-0.2, 0) is 0 Å². The highest BCUT2D eigenvalue weighted by Crippen LogP contribution is 2.33. The molecule has 0 atom stereocenters. The van der Waals surface area contributed by atoms with Gasteiger partial charge in [-0.15, -0.1) is 0 Å². The van der Waals surface area contributed by atoms with E-state index in [1.54, 1.807) is 23.7 Å². The van der Waals surface area contributed by atoms with Crippen molar-refractivity contribution in [2.75, 3.05) is 7.11 Å². The number of rotatable bonds is 7. The third kappa shape index (κ3) is 4.09. The van der Waals surface area contributed by atoms with E-state index in [1.807, 2.05) is 30.3 Å². The molecule has 0 saturated carbocycles. The van der Waals surface area contributed by atoms with Crippen molar-refractivity contribution in [3.63, 3.8) is 0 Å². The minimum atomic E-state index is -3.01. The predicted molar refractivity (Wildman–Crippen MR) is 101 cm³/mol. The number of benzene rings is 2. The smallest absolute Gasteiger partial charge is 0.387 e. The summed E-state index contributed by atoms with van der Waals surface area (Å²) in [5, 5.41) is 4.26. The third-order valence-electron chi connectivity index (χ3n) is 4.13. The molecular weight excluding hydrogens is 366 g/mol. The Bertz CT molecular complexity index is 998. The Hall–Kier alpha value is -3.48. The van der Waals surface area contributed by atoms with Crippen molar-refractivity contribution in [1.82, 2.24) is 9.78 Å². The van der Waals surface area contributed by atoms with Crippen LogP contribution < -0.4 is 9.47 Å². The Kier molecular flexibility index (Phi) is 5.84. The fourth-order valence-corrected chi connectivity index (χ4v) is 2.78. The lowest BCUT2D eigenvalue weighted by Crippen LogP contribution is -2.05. The third-order valence-corrected chi connectivity index (χ3v) is 4.13. The first kappa shape index (κ1) is 19.3. The van der Waals surface area contributed by atoms with Gasteiger partial charge in [-0.1, -0.05) is 30.3 Å². The molecule has 0 fully saturated rings. The van der Waals surface area contributed by atoms with Crippen molar-refractivity contribution >= 4 is 11.9 Å². The second kappa shape index (κ2) is 8.47. The van der Waals surface area contributed by atoms with Crippen LogP contribution in [-0.4, -0.2) is 29.3 Å². The second-order valence-electron chi connectivity index (χ2n) is 5.85. The van der Waals surface area contributed by atoms with Crippen LogP contribution in [0.5, 0.6) is 11.5 Å². The first-order valence-corrected chi connectivity index (χ1v) is 8.45. The molecule has 3 rings (SSSR count). The van der Waals surface area contributed by atoms with E-state index in [-0.39, 0.29) is 17.3 Å². The van der Waals surface area contributed by atoms with Gasteiger partial charge in [-0.05, 0) is 37.3 Å². The Morgan fingerprint density at radius 2 is 1.89 bits per heavy atom. The highest BCUT2D eigenvalue weighted by atomic mass is 19.3. The zero-order chi connectivity index (χ0) is 20.1. The molecule has 3 aromatic rings. The van der Waals surface area contributed by atoms with Gasteiger partial charge in [0, 0.05) is 5.56 Å². The van der Waals surface area contributed by atoms with Crippen molar-refractivity contribution in [2.45, 2.75) is 13.5 Å². The molecule has 0 N–H and O–H groups in total. The fraction of sp³-hybridized carbons (Fsp3) is 0.143. The van der Waals surface area contributed by atoms with E-state index < -0.39 is 6.61 Å². The van der Waals surface area contributed by atoms with Crippen molar-refractivity contribution in [1.29, 1.82) is 0 Å². The van der Waals surface area contributed by atoms with Crippen LogP contribution in [0.2, 0.25) is 0 Å². The maximum absolute atomic E-state index is 12.7. The molecule has 0 amide bonds. The summed E-state index contributed by atoms with van der Waals surface area (Å²) < 4.78 is 36.7. The summed E-state index contributed by atoms with van der Waals surface area (Å²) >= 11 is 0. The molecule has 0 aliphatic heterocycles.